The third-order valence-electron chi connectivity index (χ3n) is 1.93. The normalized spacial score (nSPS) is 16.1. The van der Waals surface area contributed by atoms with Gasteiger partial charge in [0.15, 0.2) is 0 Å². The summed E-state index contributed by atoms with van der Waals surface area (Å²) >= 11 is 0. The van der Waals surface area contributed by atoms with Crippen LogP contribution in [-0.2, 0) is 0 Å². The molecule has 1 nitrogen and oxygen atoms in total. The van der Waals surface area contributed by atoms with Crippen LogP contribution in [0.25, 0.3) is 0 Å². The summed E-state index contributed by atoms with van der Waals surface area (Å²) in [5, 5.41) is 9.48. The van der Waals surface area contributed by atoms with Gasteiger partial charge in [0.25, 0.3) is 0 Å². The van der Waals surface area contributed by atoms with Crippen LogP contribution in [-0.4, -0.2) is 10.7 Å². The SMILES string of the molecule is C/C=C\CC(C)C(C)(C)O. The highest BCUT2D eigenvalue weighted by molar-refractivity contribution is 4.84. The molecule has 0 bridgehead atoms. The Labute approximate surface area is 63.8 Å². The van der Waals surface area contributed by atoms with Gasteiger partial charge in [-0.2, -0.15) is 0 Å². The molecule has 60 valence electrons. The molecule has 1 N–H and O–H groups in total. The van der Waals surface area contributed by atoms with Crippen LogP contribution in [0.1, 0.15) is 34.1 Å². The standard InChI is InChI=1S/C9H18O/c1-5-6-7-8(2)9(3,4)10/h5-6,8,10H,7H2,1-4H3/b6-5-. The second kappa shape index (κ2) is 3.77. The lowest BCUT2D eigenvalue weighted by atomic mass is 9.90. The molecule has 10 heavy (non-hydrogen) atoms. The first-order valence-corrected chi connectivity index (χ1v) is 3.82. The van der Waals surface area contributed by atoms with Gasteiger partial charge in [-0.25, -0.2) is 0 Å². The highest BCUT2D eigenvalue weighted by atomic mass is 16.3. The van der Waals surface area contributed by atoms with Crippen molar-refractivity contribution in [3.63, 3.8) is 0 Å². The molecule has 0 amide bonds. The van der Waals surface area contributed by atoms with Gasteiger partial charge in [-0.15, -0.1) is 0 Å². The molecule has 0 aromatic heterocycles. The maximum absolute atomic E-state index is 9.48. The molecule has 0 aromatic rings. The molecule has 0 radical (unpaired) electrons. The molecule has 0 rings (SSSR count). The Morgan fingerprint density at radius 2 is 2.00 bits per heavy atom. The van der Waals surface area contributed by atoms with Crippen LogP contribution in [0.2, 0.25) is 0 Å². The molecule has 1 heteroatoms. The van der Waals surface area contributed by atoms with Gasteiger partial charge in [0.05, 0.1) is 5.60 Å². The molecule has 0 fully saturated rings. The van der Waals surface area contributed by atoms with Crippen LogP contribution in [0, 0.1) is 5.92 Å². The Bertz CT molecular complexity index is 108. The van der Waals surface area contributed by atoms with Crippen molar-refractivity contribution in [3.8, 4) is 0 Å². The smallest absolute Gasteiger partial charge is 0.0620 e. The molecule has 0 aliphatic carbocycles. The fourth-order valence-corrected chi connectivity index (χ4v) is 0.629. The second-order valence-electron chi connectivity index (χ2n) is 3.36. The van der Waals surface area contributed by atoms with Gasteiger partial charge in [0.2, 0.25) is 0 Å². The van der Waals surface area contributed by atoms with Crippen molar-refractivity contribution in [2.24, 2.45) is 5.92 Å². The number of allylic oxidation sites excluding steroid dienone is 2. The van der Waals surface area contributed by atoms with E-state index in [4.69, 9.17) is 0 Å². The zero-order valence-corrected chi connectivity index (χ0v) is 7.39. The molecular weight excluding hydrogens is 124 g/mol. The minimum Gasteiger partial charge on any atom is -0.390 e. The molecule has 0 spiro atoms. The van der Waals surface area contributed by atoms with E-state index < -0.39 is 5.60 Å². The van der Waals surface area contributed by atoms with E-state index in [1.165, 1.54) is 0 Å². The van der Waals surface area contributed by atoms with Crippen molar-refractivity contribution in [2.45, 2.75) is 39.7 Å². The average Bonchev–Trinajstić information content (AvgIpc) is 1.80. The van der Waals surface area contributed by atoms with E-state index in [9.17, 15) is 5.11 Å². The van der Waals surface area contributed by atoms with E-state index >= 15 is 0 Å². The van der Waals surface area contributed by atoms with E-state index in [-0.39, 0.29) is 0 Å². The lowest BCUT2D eigenvalue weighted by molar-refractivity contribution is 0.0262. The van der Waals surface area contributed by atoms with Gasteiger partial charge >= 0.3 is 0 Å². The van der Waals surface area contributed by atoms with Gasteiger partial charge in [-0.3, -0.25) is 0 Å². The number of rotatable bonds is 3. The van der Waals surface area contributed by atoms with Crippen molar-refractivity contribution in [2.75, 3.05) is 0 Å². The summed E-state index contributed by atoms with van der Waals surface area (Å²) in [5.41, 5.74) is -0.542. The number of aliphatic hydroxyl groups is 1. The highest BCUT2D eigenvalue weighted by Gasteiger charge is 2.20. The van der Waals surface area contributed by atoms with E-state index in [0.717, 1.165) is 6.42 Å². The van der Waals surface area contributed by atoms with Crippen molar-refractivity contribution in [1.82, 2.24) is 0 Å². The topological polar surface area (TPSA) is 20.2 Å². The first-order valence-electron chi connectivity index (χ1n) is 3.82. The van der Waals surface area contributed by atoms with Crippen LogP contribution < -0.4 is 0 Å². The van der Waals surface area contributed by atoms with E-state index in [1.54, 1.807) is 0 Å². The minimum absolute atomic E-state index is 0.337. The molecule has 0 aromatic carbocycles. The third-order valence-corrected chi connectivity index (χ3v) is 1.93. The summed E-state index contributed by atoms with van der Waals surface area (Å²) in [5.74, 6) is 0.337. The zero-order valence-electron chi connectivity index (χ0n) is 7.39. The number of hydrogen-bond donors (Lipinski definition) is 1. The molecular formula is C9H18O. The Morgan fingerprint density at radius 3 is 2.30 bits per heavy atom. The Morgan fingerprint density at radius 1 is 1.50 bits per heavy atom. The average molecular weight is 142 g/mol. The van der Waals surface area contributed by atoms with E-state index in [2.05, 4.69) is 13.0 Å². The zero-order chi connectivity index (χ0) is 8.20. The Balaban J connectivity index is 3.73. The lowest BCUT2D eigenvalue weighted by Gasteiger charge is -2.24. The summed E-state index contributed by atoms with van der Waals surface area (Å²) in [6.07, 6.45) is 5.06. The molecule has 1 atom stereocenters. The van der Waals surface area contributed by atoms with Gasteiger partial charge < -0.3 is 5.11 Å². The molecule has 1 unspecified atom stereocenters. The summed E-state index contributed by atoms with van der Waals surface area (Å²) in [7, 11) is 0. The van der Waals surface area contributed by atoms with Gasteiger partial charge in [-0.05, 0) is 33.1 Å². The fraction of sp³-hybridized carbons (Fsp3) is 0.778. The Hall–Kier alpha value is -0.300. The van der Waals surface area contributed by atoms with Crippen LogP contribution in [0.15, 0.2) is 12.2 Å². The first-order chi connectivity index (χ1) is 4.48. The summed E-state index contributed by atoms with van der Waals surface area (Å²) in [6, 6.07) is 0. The minimum atomic E-state index is -0.542. The van der Waals surface area contributed by atoms with Crippen LogP contribution in [0.3, 0.4) is 0 Å². The van der Waals surface area contributed by atoms with Crippen molar-refractivity contribution in [3.05, 3.63) is 12.2 Å². The molecule has 0 saturated carbocycles. The van der Waals surface area contributed by atoms with Gasteiger partial charge in [0.1, 0.15) is 0 Å². The first kappa shape index (κ1) is 9.70. The van der Waals surface area contributed by atoms with Gasteiger partial charge in [-0.1, -0.05) is 19.1 Å². The largest absolute Gasteiger partial charge is 0.390 e. The predicted octanol–water partition coefficient (Wildman–Crippen LogP) is 2.36. The van der Waals surface area contributed by atoms with Crippen molar-refractivity contribution in [1.29, 1.82) is 0 Å². The monoisotopic (exact) mass is 142 g/mol. The number of hydrogen-bond acceptors (Lipinski definition) is 1. The van der Waals surface area contributed by atoms with Crippen LogP contribution in [0.4, 0.5) is 0 Å². The summed E-state index contributed by atoms with van der Waals surface area (Å²) in [4.78, 5) is 0. The quantitative estimate of drug-likeness (QED) is 0.600. The summed E-state index contributed by atoms with van der Waals surface area (Å²) in [6.45, 7) is 7.75. The molecule has 0 saturated heterocycles. The summed E-state index contributed by atoms with van der Waals surface area (Å²) < 4.78 is 0. The van der Waals surface area contributed by atoms with Crippen LogP contribution in [0.5, 0.6) is 0 Å². The Kier molecular flexibility index (Phi) is 3.66. The van der Waals surface area contributed by atoms with E-state index in [0.29, 0.717) is 5.92 Å². The predicted molar refractivity (Wildman–Crippen MR) is 44.9 cm³/mol. The molecule has 0 aliphatic rings. The van der Waals surface area contributed by atoms with E-state index in [1.807, 2.05) is 26.8 Å². The maximum atomic E-state index is 9.48. The highest BCUT2D eigenvalue weighted by Crippen LogP contribution is 2.19. The fourth-order valence-electron chi connectivity index (χ4n) is 0.629. The van der Waals surface area contributed by atoms with Gasteiger partial charge in [0, 0.05) is 0 Å². The lowest BCUT2D eigenvalue weighted by Crippen LogP contribution is -2.27. The maximum Gasteiger partial charge on any atom is 0.0620 e. The van der Waals surface area contributed by atoms with Crippen molar-refractivity contribution >= 4 is 0 Å². The van der Waals surface area contributed by atoms with Crippen molar-refractivity contribution < 1.29 is 5.11 Å². The second-order valence-corrected chi connectivity index (χ2v) is 3.36. The molecule has 0 aliphatic heterocycles. The third kappa shape index (κ3) is 3.67. The van der Waals surface area contributed by atoms with Crippen LogP contribution >= 0.6 is 0 Å². The molecule has 0 heterocycles.